The Morgan fingerprint density at radius 3 is 3.20 bits per heavy atom. The van der Waals surface area contributed by atoms with Crippen LogP contribution in [-0.4, -0.2) is 12.6 Å². The number of ether oxygens (including phenoxy) is 1. The third-order valence-electron chi connectivity index (χ3n) is 1.45. The molecule has 1 heterocycles. The fourth-order valence-electron chi connectivity index (χ4n) is 0.925. The van der Waals surface area contributed by atoms with E-state index in [0.717, 1.165) is 12.8 Å². The van der Waals surface area contributed by atoms with E-state index in [2.05, 4.69) is 0 Å². The molecule has 0 saturated heterocycles. The van der Waals surface area contributed by atoms with Gasteiger partial charge in [0, 0.05) is 6.54 Å². The molecule has 0 aromatic heterocycles. The van der Waals surface area contributed by atoms with Gasteiger partial charge in [-0.05, 0) is 25.0 Å². The van der Waals surface area contributed by atoms with Crippen molar-refractivity contribution in [2.75, 3.05) is 6.54 Å². The maximum absolute atomic E-state index is 5.29. The monoisotopic (exact) mass is 139 g/mol. The average Bonchev–Trinajstić information content (AvgIpc) is 2.03. The summed E-state index contributed by atoms with van der Waals surface area (Å²) in [6, 6.07) is 0. The lowest BCUT2D eigenvalue weighted by molar-refractivity contribution is 0.165. The van der Waals surface area contributed by atoms with Crippen molar-refractivity contribution in [1.82, 2.24) is 0 Å². The molecule has 2 N–H and O–H groups in total. The fourth-order valence-corrected chi connectivity index (χ4v) is 0.925. The molecule has 56 valence electrons. The first-order valence-corrected chi connectivity index (χ1v) is 3.60. The van der Waals surface area contributed by atoms with E-state index in [9.17, 15) is 0 Å². The van der Waals surface area contributed by atoms with Crippen LogP contribution in [0.15, 0.2) is 24.5 Å². The zero-order valence-electron chi connectivity index (χ0n) is 5.99. The molecule has 10 heavy (non-hydrogen) atoms. The number of rotatable bonds is 2. The maximum Gasteiger partial charge on any atom is 0.116 e. The highest BCUT2D eigenvalue weighted by atomic mass is 16.5. The summed E-state index contributed by atoms with van der Waals surface area (Å²) in [5.41, 5.74) is 5.29. The smallest absolute Gasteiger partial charge is 0.116 e. The molecule has 0 fully saturated rings. The summed E-state index contributed by atoms with van der Waals surface area (Å²) < 4.78 is 5.26. The van der Waals surface area contributed by atoms with Crippen molar-refractivity contribution < 1.29 is 4.74 Å². The Kier molecular flexibility index (Phi) is 3.03. The van der Waals surface area contributed by atoms with Gasteiger partial charge in [-0.25, -0.2) is 0 Å². The zero-order chi connectivity index (χ0) is 7.23. The molecule has 1 aliphatic rings. The molecule has 0 saturated carbocycles. The van der Waals surface area contributed by atoms with Crippen LogP contribution in [0.3, 0.4) is 0 Å². The van der Waals surface area contributed by atoms with E-state index in [1.165, 1.54) is 0 Å². The van der Waals surface area contributed by atoms with Crippen molar-refractivity contribution in [3.63, 3.8) is 0 Å². The van der Waals surface area contributed by atoms with Crippen LogP contribution in [0.2, 0.25) is 0 Å². The molecule has 0 aliphatic carbocycles. The topological polar surface area (TPSA) is 35.2 Å². The minimum absolute atomic E-state index is 0.258. The van der Waals surface area contributed by atoms with Crippen molar-refractivity contribution in [2.45, 2.75) is 18.9 Å². The largest absolute Gasteiger partial charge is 0.494 e. The van der Waals surface area contributed by atoms with E-state index in [-0.39, 0.29) is 6.10 Å². The molecule has 2 heteroatoms. The lowest BCUT2D eigenvalue weighted by Gasteiger charge is -2.14. The van der Waals surface area contributed by atoms with E-state index in [1.807, 2.05) is 18.2 Å². The minimum Gasteiger partial charge on any atom is -0.494 e. The Hall–Kier alpha value is -0.760. The van der Waals surface area contributed by atoms with Crippen molar-refractivity contribution >= 4 is 0 Å². The molecule has 1 aliphatic heterocycles. The van der Waals surface area contributed by atoms with Crippen molar-refractivity contribution in [3.05, 3.63) is 24.5 Å². The average molecular weight is 139 g/mol. The summed E-state index contributed by atoms with van der Waals surface area (Å²) in [6.07, 6.45) is 10.2. The van der Waals surface area contributed by atoms with Gasteiger partial charge in [-0.2, -0.15) is 0 Å². The molecule has 0 aromatic carbocycles. The lowest BCUT2D eigenvalue weighted by atomic mass is 10.1. The maximum atomic E-state index is 5.29. The van der Waals surface area contributed by atoms with Gasteiger partial charge in [-0.3, -0.25) is 0 Å². The van der Waals surface area contributed by atoms with Gasteiger partial charge in [-0.1, -0.05) is 6.08 Å². The van der Waals surface area contributed by atoms with Crippen molar-refractivity contribution in [1.29, 1.82) is 0 Å². The summed E-state index contributed by atoms with van der Waals surface area (Å²) in [4.78, 5) is 0. The Morgan fingerprint density at radius 2 is 2.60 bits per heavy atom. The first kappa shape index (κ1) is 7.35. The molecule has 0 aromatic rings. The van der Waals surface area contributed by atoms with Crippen molar-refractivity contribution in [2.24, 2.45) is 5.73 Å². The predicted octanol–water partition coefficient (Wildman–Crippen LogP) is 1.19. The van der Waals surface area contributed by atoms with Crippen LogP contribution in [0, 0.1) is 0 Å². The SMILES string of the molecule is NCC=CC1CCC=CO1. The summed E-state index contributed by atoms with van der Waals surface area (Å²) in [7, 11) is 0. The Bertz CT molecular complexity index is 140. The lowest BCUT2D eigenvalue weighted by Crippen LogP contribution is -2.09. The number of allylic oxidation sites excluding steroid dienone is 1. The first-order valence-electron chi connectivity index (χ1n) is 3.60. The fraction of sp³-hybridized carbons (Fsp3) is 0.500. The van der Waals surface area contributed by atoms with Crippen LogP contribution < -0.4 is 5.73 Å². The van der Waals surface area contributed by atoms with E-state index in [1.54, 1.807) is 6.26 Å². The quantitative estimate of drug-likeness (QED) is 0.583. The highest BCUT2D eigenvalue weighted by Gasteiger charge is 2.04. The van der Waals surface area contributed by atoms with Crippen LogP contribution in [0.25, 0.3) is 0 Å². The van der Waals surface area contributed by atoms with E-state index in [4.69, 9.17) is 10.5 Å². The van der Waals surface area contributed by atoms with Gasteiger partial charge in [0.25, 0.3) is 0 Å². The Balaban J connectivity index is 2.28. The second-order valence-electron chi connectivity index (χ2n) is 2.29. The van der Waals surface area contributed by atoms with Crippen LogP contribution in [0.1, 0.15) is 12.8 Å². The molecule has 2 nitrogen and oxygen atoms in total. The molecule has 1 rings (SSSR count). The minimum atomic E-state index is 0.258. The highest BCUT2D eigenvalue weighted by Crippen LogP contribution is 2.10. The molecule has 1 unspecified atom stereocenters. The normalized spacial score (nSPS) is 25.1. The highest BCUT2D eigenvalue weighted by molar-refractivity contribution is 4.95. The Morgan fingerprint density at radius 1 is 1.70 bits per heavy atom. The summed E-state index contributed by atoms with van der Waals surface area (Å²) in [5.74, 6) is 0. The third kappa shape index (κ3) is 2.23. The second kappa shape index (κ2) is 4.12. The summed E-state index contributed by atoms with van der Waals surface area (Å²) in [5, 5.41) is 0. The molecular formula is C8H13NO. The first-order chi connectivity index (χ1) is 4.93. The van der Waals surface area contributed by atoms with Gasteiger partial charge in [0.2, 0.25) is 0 Å². The van der Waals surface area contributed by atoms with Gasteiger partial charge in [0.15, 0.2) is 0 Å². The van der Waals surface area contributed by atoms with Gasteiger partial charge < -0.3 is 10.5 Å². The number of hydrogen-bond acceptors (Lipinski definition) is 2. The van der Waals surface area contributed by atoms with Crippen molar-refractivity contribution in [3.8, 4) is 0 Å². The predicted molar refractivity (Wildman–Crippen MR) is 41.4 cm³/mol. The van der Waals surface area contributed by atoms with Gasteiger partial charge in [0.05, 0.1) is 6.26 Å². The van der Waals surface area contributed by atoms with Crippen LogP contribution in [0.5, 0.6) is 0 Å². The van der Waals surface area contributed by atoms with Crippen LogP contribution in [0.4, 0.5) is 0 Å². The molecular weight excluding hydrogens is 126 g/mol. The van der Waals surface area contributed by atoms with Crippen LogP contribution >= 0.6 is 0 Å². The molecule has 0 amide bonds. The van der Waals surface area contributed by atoms with Gasteiger partial charge in [-0.15, -0.1) is 0 Å². The standard InChI is InChI=1S/C8H13NO/c9-6-3-5-8-4-1-2-7-10-8/h2-3,5,7-8H,1,4,6,9H2. The van der Waals surface area contributed by atoms with Gasteiger partial charge >= 0.3 is 0 Å². The van der Waals surface area contributed by atoms with E-state index >= 15 is 0 Å². The molecule has 0 radical (unpaired) electrons. The van der Waals surface area contributed by atoms with Crippen LogP contribution in [-0.2, 0) is 4.74 Å². The number of nitrogens with two attached hydrogens (primary N) is 1. The Labute approximate surface area is 61.4 Å². The van der Waals surface area contributed by atoms with E-state index < -0.39 is 0 Å². The molecule has 0 bridgehead atoms. The second-order valence-corrected chi connectivity index (χ2v) is 2.29. The number of hydrogen-bond donors (Lipinski definition) is 1. The van der Waals surface area contributed by atoms with E-state index in [0.29, 0.717) is 6.54 Å². The molecule has 1 atom stereocenters. The van der Waals surface area contributed by atoms with Gasteiger partial charge in [0.1, 0.15) is 6.10 Å². The summed E-state index contributed by atoms with van der Waals surface area (Å²) in [6.45, 7) is 0.601. The molecule has 0 spiro atoms. The third-order valence-corrected chi connectivity index (χ3v) is 1.45. The summed E-state index contributed by atoms with van der Waals surface area (Å²) >= 11 is 0. The zero-order valence-corrected chi connectivity index (χ0v) is 5.99.